The van der Waals surface area contributed by atoms with Gasteiger partial charge in [0.1, 0.15) is 0 Å². The molecule has 0 amide bonds. The van der Waals surface area contributed by atoms with Crippen LogP contribution in [0.15, 0.2) is 0 Å². The quantitative estimate of drug-likeness (QED) is 0.564. The molecular weight excluding hydrogens is 136 g/mol. The molecule has 1 unspecified atom stereocenters. The summed E-state index contributed by atoms with van der Waals surface area (Å²) in [5, 5.41) is 0. The van der Waals surface area contributed by atoms with Crippen LogP contribution in [0.4, 0.5) is 0 Å². The standard InChI is InChI=1S/C10H18O/c1-8-2-4-9(5-3-8)10-6-7-11-10/h8-10H,2-7H2,1H3. The topological polar surface area (TPSA) is 9.23 Å². The smallest absolute Gasteiger partial charge is 0.0625 e. The van der Waals surface area contributed by atoms with Gasteiger partial charge in [0.25, 0.3) is 0 Å². The zero-order valence-corrected chi connectivity index (χ0v) is 7.38. The minimum absolute atomic E-state index is 0.655. The van der Waals surface area contributed by atoms with Crippen molar-refractivity contribution in [3.8, 4) is 0 Å². The number of ether oxygens (including phenoxy) is 1. The lowest BCUT2D eigenvalue weighted by Gasteiger charge is -2.37. The zero-order valence-electron chi connectivity index (χ0n) is 7.38. The highest BCUT2D eigenvalue weighted by molar-refractivity contribution is 4.80. The molecular formula is C10H18O. The summed E-state index contributed by atoms with van der Waals surface area (Å²) in [6, 6.07) is 0. The van der Waals surface area contributed by atoms with E-state index in [0.29, 0.717) is 6.10 Å². The Labute approximate surface area is 69.1 Å². The van der Waals surface area contributed by atoms with E-state index in [1.807, 2.05) is 0 Å². The first-order valence-corrected chi connectivity index (χ1v) is 4.98. The van der Waals surface area contributed by atoms with Crippen molar-refractivity contribution in [2.75, 3.05) is 6.61 Å². The third-order valence-corrected chi connectivity index (χ3v) is 3.32. The maximum absolute atomic E-state index is 5.51. The summed E-state index contributed by atoms with van der Waals surface area (Å²) in [5.74, 6) is 1.89. The molecule has 1 nitrogen and oxygen atoms in total. The van der Waals surface area contributed by atoms with Gasteiger partial charge in [0, 0.05) is 6.61 Å². The molecule has 1 saturated heterocycles. The minimum atomic E-state index is 0.655. The summed E-state index contributed by atoms with van der Waals surface area (Å²) in [7, 11) is 0. The molecule has 0 aromatic heterocycles. The Morgan fingerprint density at radius 3 is 2.09 bits per heavy atom. The third kappa shape index (κ3) is 1.58. The van der Waals surface area contributed by atoms with Gasteiger partial charge >= 0.3 is 0 Å². The highest BCUT2D eigenvalue weighted by Gasteiger charge is 2.30. The molecule has 1 saturated carbocycles. The van der Waals surface area contributed by atoms with E-state index in [9.17, 15) is 0 Å². The van der Waals surface area contributed by atoms with Gasteiger partial charge in [-0.15, -0.1) is 0 Å². The molecule has 1 atom stereocenters. The van der Waals surface area contributed by atoms with Gasteiger partial charge in [-0.05, 0) is 31.1 Å². The lowest BCUT2D eigenvalue weighted by atomic mass is 9.78. The molecule has 0 aromatic rings. The summed E-state index contributed by atoms with van der Waals surface area (Å²) in [6.07, 6.45) is 7.70. The summed E-state index contributed by atoms with van der Waals surface area (Å²) in [5.41, 5.74) is 0. The summed E-state index contributed by atoms with van der Waals surface area (Å²) in [4.78, 5) is 0. The Hall–Kier alpha value is -0.0400. The summed E-state index contributed by atoms with van der Waals surface area (Å²) >= 11 is 0. The Kier molecular flexibility index (Phi) is 2.17. The molecule has 11 heavy (non-hydrogen) atoms. The minimum Gasteiger partial charge on any atom is -0.378 e. The van der Waals surface area contributed by atoms with Gasteiger partial charge < -0.3 is 4.74 Å². The Morgan fingerprint density at radius 2 is 1.64 bits per heavy atom. The van der Waals surface area contributed by atoms with E-state index in [-0.39, 0.29) is 0 Å². The SMILES string of the molecule is CC1CCC(C2CCO2)CC1. The van der Waals surface area contributed by atoms with Crippen LogP contribution in [-0.2, 0) is 4.74 Å². The van der Waals surface area contributed by atoms with Crippen molar-refractivity contribution in [3.63, 3.8) is 0 Å². The van der Waals surface area contributed by atoms with Crippen LogP contribution in [-0.4, -0.2) is 12.7 Å². The van der Waals surface area contributed by atoms with Crippen molar-refractivity contribution in [2.45, 2.75) is 45.1 Å². The van der Waals surface area contributed by atoms with Crippen molar-refractivity contribution in [1.29, 1.82) is 0 Å². The normalized spacial score (nSPS) is 45.0. The van der Waals surface area contributed by atoms with Gasteiger partial charge in [-0.3, -0.25) is 0 Å². The number of hydrogen-bond acceptors (Lipinski definition) is 1. The first-order valence-electron chi connectivity index (χ1n) is 4.98. The average molecular weight is 154 g/mol. The van der Waals surface area contributed by atoms with E-state index in [1.54, 1.807) is 0 Å². The van der Waals surface area contributed by atoms with Crippen LogP contribution in [0, 0.1) is 11.8 Å². The summed E-state index contributed by atoms with van der Waals surface area (Å²) in [6.45, 7) is 3.40. The number of hydrogen-bond donors (Lipinski definition) is 0. The fourth-order valence-corrected chi connectivity index (χ4v) is 2.28. The van der Waals surface area contributed by atoms with Gasteiger partial charge in [0.2, 0.25) is 0 Å². The van der Waals surface area contributed by atoms with Crippen molar-refractivity contribution < 1.29 is 4.74 Å². The Morgan fingerprint density at radius 1 is 1.00 bits per heavy atom. The van der Waals surface area contributed by atoms with Crippen molar-refractivity contribution in [3.05, 3.63) is 0 Å². The van der Waals surface area contributed by atoms with Crippen LogP contribution in [0.3, 0.4) is 0 Å². The van der Waals surface area contributed by atoms with Crippen LogP contribution in [0.2, 0.25) is 0 Å². The van der Waals surface area contributed by atoms with E-state index < -0.39 is 0 Å². The second-order valence-corrected chi connectivity index (χ2v) is 4.22. The molecule has 0 radical (unpaired) electrons. The van der Waals surface area contributed by atoms with E-state index in [0.717, 1.165) is 18.4 Å². The van der Waals surface area contributed by atoms with E-state index in [2.05, 4.69) is 6.92 Å². The third-order valence-electron chi connectivity index (χ3n) is 3.32. The second kappa shape index (κ2) is 3.14. The van der Waals surface area contributed by atoms with Crippen molar-refractivity contribution in [2.24, 2.45) is 11.8 Å². The van der Waals surface area contributed by atoms with E-state index in [1.165, 1.54) is 32.1 Å². The van der Waals surface area contributed by atoms with Crippen LogP contribution in [0.1, 0.15) is 39.0 Å². The molecule has 0 N–H and O–H groups in total. The molecule has 2 aliphatic rings. The monoisotopic (exact) mass is 154 g/mol. The predicted molar refractivity (Wildman–Crippen MR) is 45.5 cm³/mol. The van der Waals surface area contributed by atoms with E-state index >= 15 is 0 Å². The molecule has 64 valence electrons. The first kappa shape index (κ1) is 7.60. The molecule has 1 heterocycles. The summed E-state index contributed by atoms with van der Waals surface area (Å²) < 4.78 is 5.51. The maximum atomic E-state index is 5.51. The number of rotatable bonds is 1. The van der Waals surface area contributed by atoms with Gasteiger partial charge in [-0.25, -0.2) is 0 Å². The van der Waals surface area contributed by atoms with Crippen LogP contribution >= 0.6 is 0 Å². The molecule has 1 heteroatoms. The highest BCUT2D eigenvalue weighted by Crippen LogP contribution is 2.35. The molecule has 2 fully saturated rings. The van der Waals surface area contributed by atoms with Crippen molar-refractivity contribution >= 4 is 0 Å². The molecule has 1 aliphatic carbocycles. The largest absolute Gasteiger partial charge is 0.378 e. The van der Waals surface area contributed by atoms with Crippen molar-refractivity contribution in [1.82, 2.24) is 0 Å². The maximum Gasteiger partial charge on any atom is 0.0625 e. The molecule has 0 aromatic carbocycles. The molecule has 0 spiro atoms. The van der Waals surface area contributed by atoms with Crippen LogP contribution in [0.5, 0.6) is 0 Å². The van der Waals surface area contributed by atoms with Gasteiger partial charge in [0.05, 0.1) is 6.10 Å². The first-order chi connectivity index (χ1) is 5.36. The highest BCUT2D eigenvalue weighted by atomic mass is 16.5. The van der Waals surface area contributed by atoms with E-state index in [4.69, 9.17) is 4.74 Å². The lowest BCUT2D eigenvalue weighted by Crippen LogP contribution is -2.36. The van der Waals surface area contributed by atoms with Crippen LogP contribution < -0.4 is 0 Å². The fourth-order valence-electron chi connectivity index (χ4n) is 2.28. The predicted octanol–water partition coefficient (Wildman–Crippen LogP) is 2.60. The Bertz CT molecular complexity index is 121. The second-order valence-electron chi connectivity index (χ2n) is 4.22. The van der Waals surface area contributed by atoms with Gasteiger partial charge in [0.15, 0.2) is 0 Å². The zero-order chi connectivity index (χ0) is 7.68. The molecule has 0 bridgehead atoms. The van der Waals surface area contributed by atoms with Gasteiger partial charge in [-0.1, -0.05) is 19.8 Å². The average Bonchev–Trinajstić information content (AvgIpc) is 1.90. The molecule has 1 aliphatic heterocycles. The van der Waals surface area contributed by atoms with Gasteiger partial charge in [-0.2, -0.15) is 0 Å². The Balaban J connectivity index is 1.77. The lowest BCUT2D eigenvalue weighted by molar-refractivity contribution is -0.0942. The fraction of sp³-hybridized carbons (Fsp3) is 1.00. The molecule has 2 rings (SSSR count). The van der Waals surface area contributed by atoms with Crippen LogP contribution in [0.25, 0.3) is 0 Å².